The van der Waals surface area contributed by atoms with Crippen LogP contribution in [-0.2, 0) is 28.1 Å². The minimum absolute atomic E-state index is 0.0910. The van der Waals surface area contributed by atoms with Crippen LogP contribution < -0.4 is 5.32 Å². The van der Waals surface area contributed by atoms with Crippen LogP contribution in [0.25, 0.3) is 0 Å². The van der Waals surface area contributed by atoms with Crippen molar-refractivity contribution in [1.82, 2.24) is 13.9 Å². The van der Waals surface area contributed by atoms with Gasteiger partial charge in [-0.25, -0.2) is 4.39 Å². The highest BCUT2D eigenvalue weighted by atomic mass is 35.5. The van der Waals surface area contributed by atoms with E-state index in [2.05, 4.69) is 5.32 Å². The van der Waals surface area contributed by atoms with E-state index in [0.717, 1.165) is 8.61 Å². The number of hydrogen-bond acceptors (Lipinski definition) is 4. The van der Waals surface area contributed by atoms with Gasteiger partial charge in [-0.2, -0.15) is 17.0 Å². The third-order valence-corrected chi connectivity index (χ3v) is 6.96. The summed E-state index contributed by atoms with van der Waals surface area (Å²) in [6.45, 7) is 0.165. The molecule has 1 saturated heterocycles. The van der Waals surface area contributed by atoms with Gasteiger partial charge in [0.15, 0.2) is 0 Å². The molecular formula is C18H21ClFN3O4S. The van der Waals surface area contributed by atoms with Crippen LogP contribution in [0, 0.1) is 5.82 Å². The molecule has 1 fully saturated rings. The number of rotatable bonds is 7. The molecule has 0 radical (unpaired) electrons. The van der Waals surface area contributed by atoms with E-state index < -0.39 is 28.0 Å². The number of furan rings is 1. The topological polar surface area (TPSA) is 82.9 Å². The minimum atomic E-state index is -3.98. The molecule has 0 saturated carbocycles. The van der Waals surface area contributed by atoms with Gasteiger partial charge in [0.05, 0.1) is 12.8 Å². The van der Waals surface area contributed by atoms with Gasteiger partial charge in [0.2, 0.25) is 5.91 Å². The first-order chi connectivity index (χ1) is 13.3. The van der Waals surface area contributed by atoms with Gasteiger partial charge >= 0.3 is 0 Å². The molecule has 0 spiro atoms. The van der Waals surface area contributed by atoms with Gasteiger partial charge in [-0.3, -0.25) is 4.79 Å². The largest absolute Gasteiger partial charge is 0.467 e. The summed E-state index contributed by atoms with van der Waals surface area (Å²) in [5, 5.41) is 2.85. The van der Waals surface area contributed by atoms with Crippen molar-refractivity contribution in [3.05, 3.63) is 58.8 Å². The number of nitrogens with one attached hydrogen (secondary N) is 1. The summed E-state index contributed by atoms with van der Waals surface area (Å²) in [5.74, 6) is -0.398. The van der Waals surface area contributed by atoms with Crippen LogP contribution >= 0.6 is 11.6 Å². The molecule has 2 heterocycles. The van der Waals surface area contributed by atoms with E-state index >= 15 is 0 Å². The van der Waals surface area contributed by atoms with Crippen LogP contribution in [0.1, 0.15) is 24.2 Å². The van der Waals surface area contributed by atoms with E-state index in [4.69, 9.17) is 16.0 Å². The third-order valence-electron chi connectivity index (χ3n) is 4.66. The summed E-state index contributed by atoms with van der Waals surface area (Å²) in [7, 11) is -2.64. The first kappa shape index (κ1) is 20.8. The van der Waals surface area contributed by atoms with Crippen LogP contribution in [0.4, 0.5) is 4.39 Å². The number of benzene rings is 1. The molecule has 1 amide bonds. The standard InChI is InChI=1S/C18H21ClFN3O4S/c1-22(12-14-15(19)6-2-7-16(14)20)28(25,26)23-9-3-8-17(23)18(24)21-11-13-5-4-10-27-13/h2,4-7,10,17H,3,8-9,11-12H2,1H3,(H,21,24). The summed E-state index contributed by atoms with van der Waals surface area (Å²) in [4.78, 5) is 12.5. The molecule has 2 aromatic rings. The van der Waals surface area contributed by atoms with Gasteiger partial charge < -0.3 is 9.73 Å². The first-order valence-electron chi connectivity index (χ1n) is 8.77. The zero-order valence-electron chi connectivity index (χ0n) is 15.3. The molecular weight excluding hydrogens is 409 g/mol. The van der Waals surface area contributed by atoms with E-state index in [1.165, 1.54) is 31.5 Å². The van der Waals surface area contributed by atoms with Crippen molar-refractivity contribution in [2.45, 2.75) is 32.0 Å². The van der Waals surface area contributed by atoms with Crippen LogP contribution in [0.2, 0.25) is 5.02 Å². The Kier molecular flexibility index (Phi) is 6.39. The number of nitrogens with zero attached hydrogens (tertiary/aromatic N) is 2. The summed E-state index contributed by atoms with van der Waals surface area (Å²) in [6.07, 6.45) is 2.47. The molecule has 1 N–H and O–H groups in total. The lowest BCUT2D eigenvalue weighted by Crippen LogP contribution is -2.50. The molecule has 0 bridgehead atoms. The van der Waals surface area contributed by atoms with Gasteiger partial charge in [0.25, 0.3) is 10.2 Å². The number of hydrogen-bond donors (Lipinski definition) is 1. The zero-order valence-corrected chi connectivity index (χ0v) is 16.8. The second-order valence-electron chi connectivity index (χ2n) is 6.53. The van der Waals surface area contributed by atoms with Crippen molar-refractivity contribution in [3.63, 3.8) is 0 Å². The molecule has 1 atom stereocenters. The average molecular weight is 430 g/mol. The summed E-state index contributed by atoms with van der Waals surface area (Å²) in [6, 6.07) is 6.78. The molecule has 152 valence electrons. The molecule has 7 nitrogen and oxygen atoms in total. The fraction of sp³-hybridized carbons (Fsp3) is 0.389. The second-order valence-corrected chi connectivity index (χ2v) is 8.93. The van der Waals surface area contributed by atoms with Crippen molar-refractivity contribution in [2.24, 2.45) is 0 Å². The lowest BCUT2D eigenvalue weighted by molar-refractivity contribution is -0.124. The van der Waals surface area contributed by atoms with Gasteiger partial charge in [-0.1, -0.05) is 17.7 Å². The van der Waals surface area contributed by atoms with E-state index in [9.17, 15) is 17.6 Å². The molecule has 3 rings (SSSR count). The lowest BCUT2D eigenvalue weighted by Gasteiger charge is -2.28. The first-order valence-corrected chi connectivity index (χ1v) is 10.5. The Labute approximate surface area is 168 Å². The van der Waals surface area contributed by atoms with Gasteiger partial charge in [0.1, 0.15) is 17.6 Å². The van der Waals surface area contributed by atoms with E-state index in [0.29, 0.717) is 18.6 Å². The Balaban J connectivity index is 1.71. The Morgan fingerprint density at radius 3 is 2.86 bits per heavy atom. The van der Waals surface area contributed by atoms with E-state index in [1.807, 2.05) is 0 Å². The summed E-state index contributed by atoms with van der Waals surface area (Å²) in [5.41, 5.74) is 0.0910. The normalized spacial score (nSPS) is 17.9. The maximum Gasteiger partial charge on any atom is 0.282 e. The van der Waals surface area contributed by atoms with Crippen molar-refractivity contribution in [1.29, 1.82) is 0 Å². The second kappa shape index (κ2) is 8.60. The smallest absolute Gasteiger partial charge is 0.282 e. The molecule has 1 unspecified atom stereocenters. The Hall–Kier alpha value is -1.94. The molecule has 1 aromatic carbocycles. The van der Waals surface area contributed by atoms with Crippen LogP contribution in [0.5, 0.6) is 0 Å². The molecule has 1 aliphatic heterocycles. The number of carbonyl (C=O) groups excluding carboxylic acids is 1. The molecule has 28 heavy (non-hydrogen) atoms. The predicted octanol–water partition coefficient (Wildman–Crippen LogP) is 2.53. The maximum absolute atomic E-state index is 14.0. The van der Waals surface area contributed by atoms with Gasteiger partial charge in [-0.15, -0.1) is 0 Å². The number of halogens is 2. The third kappa shape index (κ3) is 4.38. The fourth-order valence-corrected chi connectivity index (χ4v) is 4.91. The Bertz CT molecular complexity index is 916. The van der Waals surface area contributed by atoms with Crippen LogP contribution in [-0.4, -0.2) is 42.6 Å². The maximum atomic E-state index is 14.0. The predicted molar refractivity (Wildman–Crippen MR) is 102 cm³/mol. The molecule has 1 aromatic heterocycles. The molecule has 10 heteroatoms. The highest BCUT2D eigenvalue weighted by Crippen LogP contribution is 2.26. The summed E-state index contributed by atoms with van der Waals surface area (Å²) >= 11 is 6.00. The number of amides is 1. The molecule has 0 aliphatic carbocycles. The van der Waals surface area contributed by atoms with Crippen molar-refractivity contribution in [2.75, 3.05) is 13.6 Å². The minimum Gasteiger partial charge on any atom is -0.467 e. The SMILES string of the molecule is CN(Cc1c(F)cccc1Cl)S(=O)(=O)N1CCCC1C(=O)NCc1ccco1. The summed E-state index contributed by atoms with van der Waals surface area (Å²) < 4.78 is 47.3. The Morgan fingerprint density at radius 2 is 2.18 bits per heavy atom. The van der Waals surface area contributed by atoms with Crippen molar-refractivity contribution >= 4 is 27.7 Å². The quantitative estimate of drug-likeness (QED) is 0.733. The van der Waals surface area contributed by atoms with Crippen LogP contribution in [0.3, 0.4) is 0 Å². The van der Waals surface area contributed by atoms with Gasteiger partial charge in [0, 0.05) is 30.7 Å². The molecule has 1 aliphatic rings. The lowest BCUT2D eigenvalue weighted by atomic mass is 10.2. The Morgan fingerprint density at radius 1 is 1.39 bits per heavy atom. The van der Waals surface area contributed by atoms with Crippen molar-refractivity contribution < 1.29 is 22.0 Å². The highest BCUT2D eigenvalue weighted by molar-refractivity contribution is 7.86. The highest BCUT2D eigenvalue weighted by Gasteiger charge is 2.40. The average Bonchev–Trinajstić information content (AvgIpc) is 3.34. The van der Waals surface area contributed by atoms with Gasteiger partial charge in [-0.05, 0) is 37.1 Å². The fourth-order valence-electron chi connectivity index (χ4n) is 3.15. The van der Waals surface area contributed by atoms with E-state index in [1.54, 1.807) is 12.1 Å². The monoisotopic (exact) mass is 429 g/mol. The van der Waals surface area contributed by atoms with Crippen LogP contribution in [0.15, 0.2) is 41.0 Å². The zero-order chi connectivity index (χ0) is 20.3. The van der Waals surface area contributed by atoms with E-state index in [-0.39, 0.29) is 30.2 Å². The number of carbonyl (C=O) groups is 1. The van der Waals surface area contributed by atoms with Crippen molar-refractivity contribution in [3.8, 4) is 0 Å².